The van der Waals surface area contributed by atoms with Crippen LogP contribution in [0.1, 0.15) is 81.7 Å². The second-order valence-electron chi connectivity index (χ2n) is 15.8. The van der Waals surface area contributed by atoms with Crippen LogP contribution in [0, 0.1) is 26.6 Å². The van der Waals surface area contributed by atoms with Crippen molar-refractivity contribution < 1.29 is 44.3 Å². The first-order valence-electron chi connectivity index (χ1n) is 18.0. The summed E-state index contributed by atoms with van der Waals surface area (Å²) in [5.74, 6) is -0.826. The number of hydrogen-bond donors (Lipinski definition) is 2. The predicted molar refractivity (Wildman–Crippen MR) is 230 cm³/mol. The van der Waals surface area contributed by atoms with E-state index in [0.717, 1.165) is 3.57 Å². The van der Waals surface area contributed by atoms with Gasteiger partial charge in [0.15, 0.2) is 11.5 Å². The van der Waals surface area contributed by atoms with Gasteiger partial charge in [-0.2, -0.15) is 0 Å². The average molecular weight is 902 g/mol. The minimum atomic E-state index is -2.59. The van der Waals surface area contributed by atoms with E-state index in [-0.39, 0.29) is 34.0 Å². The van der Waals surface area contributed by atoms with Crippen LogP contribution in [0.4, 0.5) is 8.78 Å². The van der Waals surface area contributed by atoms with E-state index in [1.54, 1.807) is 57.5 Å². The molecule has 3 aromatic rings. The van der Waals surface area contributed by atoms with Crippen molar-refractivity contribution in [3.8, 4) is 11.5 Å². The smallest absolute Gasteiger partial charge is 0.284 e. The number of halogens is 3. The molecule has 5 rings (SSSR count). The van der Waals surface area contributed by atoms with Gasteiger partial charge in [0, 0.05) is 10.8 Å². The molecule has 0 unspecified atom stereocenters. The fraction of sp³-hybridized carbons (Fsp3) is 0.326. The Morgan fingerprint density at radius 3 is 1.47 bits per heavy atom. The molecule has 0 aromatic heterocycles. The van der Waals surface area contributed by atoms with Gasteiger partial charge in [0.2, 0.25) is 0 Å². The van der Waals surface area contributed by atoms with E-state index >= 15 is 0 Å². The molecular weight excluding hydrogens is 845 g/mol. The Labute approximate surface area is 344 Å². The molecule has 0 saturated carbocycles. The van der Waals surface area contributed by atoms with Crippen molar-refractivity contribution in [3.05, 3.63) is 148 Å². The number of rotatable bonds is 3. The molecule has 0 saturated heterocycles. The number of carbonyl (C=O) groups is 4. The number of ketones is 2. The number of phenols is 2. The summed E-state index contributed by atoms with van der Waals surface area (Å²) >= 11 is -2.59. The van der Waals surface area contributed by atoms with Crippen LogP contribution in [0.2, 0.25) is 0 Å². The van der Waals surface area contributed by atoms with Crippen LogP contribution in [-0.4, -0.2) is 39.4 Å². The summed E-state index contributed by atoms with van der Waals surface area (Å²) in [6, 6.07) is 21.4. The summed E-state index contributed by atoms with van der Waals surface area (Å²) in [7, 11) is 0. The molecule has 2 aliphatic rings. The molecule has 0 bridgehead atoms. The number of allylic oxidation sites excluding steroid dienone is 8. The van der Waals surface area contributed by atoms with Gasteiger partial charge in [-0.3, -0.25) is 9.59 Å². The van der Waals surface area contributed by atoms with Crippen LogP contribution in [0.3, 0.4) is 0 Å². The summed E-state index contributed by atoms with van der Waals surface area (Å²) in [6.45, 7) is 20.9. The van der Waals surface area contributed by atoms with Crippen molar-refractivity contribution in [1.29, 1.82) is 0 Å². The summed E-state index contributed by atoms with van der Waals surface area (Å²) in [5.41, 5.74) is 0.788. The number of benzene rings is 3. The van der Waals surface area contributed by atoms with Gasteiger partial charge in [-0.15, -0.1) is 0 Å². The summed E-state index contributed by atoms with van der Waals surface area (Å²) in [6.07, 6.45) is 12.2. The van der Waals surface area contributed by atoms with Crippen LogP contribution in [0.15, 0.2) is 127 Å². The quantitative estimate of drug-likeness (QED) is 0.197. The Balaban J connectivity index is 0.000000361. The van der Waals surface area contributed by atoms with Gasteiger partial charge < -0.3 is 10.2 Å². The second kappa shape index (κ2) is 22.6. The van der Waals surface area contributed by atoms with Crippen molar-refractivity contribution >= 4 is 44.2 Å². The summed E-state index contributed by atoms with van der Waals surface area (Å²) in [5, 5.41) is 17.6. The van der Waals surface area contributed by atoms with E-state index < -0.39 is 43.7 Å². The van der Waals surface area contributed by atoms with Crippen LogP contribution < -0.4 is 0 Å². The molecule has 308 valence electrons. The van der Waals surface area contributed by atoms with Crippen LogP contribution in [0.5, 0.6) is 11.5 Å². The molecule has 0 amide bonds. The van der Waals surface area contributed by atoms with Crippen LogP contribution in [-0.2, 0) is 30.7 Å². The number of phenolic OH excluding ortho intramolecular Hbond substituents is 2. The van der Waals surface area contributed by atoms with Crippen molar-refractivity contribution in [1.82, 2.24) is 0 Å². The van der Waals surface area contributed by atoms with Crippen LogP contribution in [0.25, 0.3) is 0 Å². The molecule has 57 heavy (non-hydrogen) atoms. The molecule has 11 heteroatoms. The molecule has 0 heterocycles. The van der Waals surface area contributed by atoms with E-state index in [9.17, 15) is 28.0 Å². The van der Waals surface area contributed by atoms with Gasteiger partial charge in [-0.25, -0.2) is 8.78 Å². The molecule has 0 spiro atoms. The van der Waals surface area contributed by atoms with Gasteiger partial charge in [0.25, 0.3) is 5.78 Å². The summed E-state index contributed by atoms with van der Waals surface area (Å²) in [4.78, 5) is 43.2. The number of hydrogen-bond acceptors (Lipinski definition) is 8. The molecule has 3 aromatic carbocycles. The zero-order valence-electron chi connectivity index (χ0n) is 34.6. The first-order valence-corrected chi connectivity index (χ1v) is 20.8. The third-order valence-electron chi connectivity index (χ3n) is 7.68. The number of carbonyl (C=O) groups excluding carboxylic acids is 4. The Kier molecular flexibility index (Phi) is 19.8. The zero-order valence-corrected chi connectivity index (χ0v) is 36.8. The monoisotopic (exact) mass is 901 g/mol. The molecule has 8 nitrogen and oxygen atoms in total. The van der Waals surface area contributed by atoms with Crippen molar-refractivity contribution in [2.75, 3.05) is 0 Å². The maximum atomic E-state index is 13.9. The topological polar surface area (TPSA) is 127 Å². The standard InChI is InChI=1S/C10H13FO.C10H11IO4.C10H14O.C10H13O.C6H5FO/c1-9(2,3)10(11)6-4-8(12)5-7-10;1-8(12)14-11(15-9(2)13)10-6-4-3-5-7-10;2*1-10(2,3)8-4-6-9(11)7-5-8;7-5-1-3-6(8)4-2-5/h4-7H,1-3H3;3-7H,1-2H3;4-7,11H,1-3H3;4-7H,1-3H3;1-4,8H/q;;;+1;. The van der Waals surface area contributed by atoms with Gasteiger partial charge in [-0.05, 0) is 92.5 Å². The Morgan fingerprint density at radius 1 is 0.667 bits per heavy atom. The van der Waals surface area contributed by atoms with E-state index in [1.807, 2.05) is 42.5 Å². The largest absolute Gasteiger partial charge is 0.508 e. The zero-order chi connectivity index (χ0) is 43.6. The normalized spacial score (nSPS) is 14.2. The van der Waals surface area contributed by atoms with E-state index in [2.05, 4.69) is 41.5 Å². The molecule has 0 fully saturated rings. The SMILES string of the molecule is CC(=O)OI(OC(C)=O)c1ccccc1.CC(C)(C)C1(F)C=CC(=O)C=C1.CC(C)(C)C1=C[CH+]C(=O)C=C1.CC(C)(C)c1ccc(O)cc1.Oc1ccc(F)cc1. The maximum absolute atomic E-state index is 13.9. The van der Waals surface area contributed by atoms with Gasteiger partial charge in [0.05, 0.1) is 30.2 Å². The number of aromatic hydroxyl groups is 2. The Morgan fingerprint density at radius 2 is 1.12 bits per heavy atom. The van der Waals surface area contributed by atoms with E-state index in [1.165, 1.54) is 73.6 Å². The van der Waals surface area contributed by atoms with Crippen molar-refractivity contribution in [3.63, 3.8) is 0 Å². The van der Waals surface area contributed by atoms with E-state index in [4.69, 9.17) is 16.3 Å². The second-order valence-corrected chi connectivity index (χ2v) is 19.2. The fourth-order valence-corrected chi connectivity index (χ4v) is 6.92. The molecule has 0 atom stereocenters. The molecule has 2 N–H and O–H groups in total. The van der Waals surface area contributed by atoms with Crippen molar-refractivity contribution in [2.24, 2.45) is 10.8 Å². The molecule has 0 radical (unpaired) electrons. The van der Waals surface area contributed by atoms with Gasteiger partial charge in [0.1, 0.15) is 17.3 Å². The molecule has 0 aliphatic heterocycles. The Bertz CT molecular complexity index is 1820. The van der Waals surface area contributed by atoms with Crippen molar-refractivity contribution in [2.45, 2.75) is 87.2 Å². The summed E-state index contributed by atoms with van der Waals surface area (Å²) < 4.78 is 36.7. The first kappa shape index (κ1) is 50.0. The minimum absolute atomic E-state index is 0.0815. The Hall–Kier alpha value is -5.04. The average Bonchev–Trinajstić information content (AvgIpc) is 3.11. The minimum Gasteiger partial charge on any atom is -0.508 e. The third kappa shape index (κ3) is 20.1. The number of alkyl halides is 1. The molecular formula is C46H56F2IO8+. The first-order chi connectivity index (χ1) is 26.2. The maximum Gasteiger partial charge on any atom is 0.284 e. The third-order valence-corrected chi connectivity index (χ3v) is 11.5. The van der Waals surface area contributed by atoms with Gasteiger partial charge in [-0.1, -0.05) is 53.7 Å². The van der Waals surface area contributed by atoms with Crippen LogP contribution >= 0.6 is 20.6 Å². The fourth-order valence-electron chi connectivity index (χ4n) is 4.20. The van der Waals surface area contributed by atoms with Gasteiger partial charge >= 0.3 is 96.1 Å². The van der Waals surface area contributed by atoms with E-state index in [0.29, 0.717) is 5.75 Å². The molecule has 2 aliphatic carbocycles. The predicted octanol–water partition coefficient (Wildman–Crippen LogP) is 11.3.